The number of ether oxygens (including phenoxy) is 2. The molecule has 0 amide bonds. The van der Waals surface area contributed by atoms with Crippen LogP contribution in [0.15, 0.2) is 24.3 Å². The summed E-state index contributed by atoms with van der Waals surface area (Å²) >= 11 is 0. The summed E-state index contributed by atoms with van der Waals surface area (Å²) in [4.78, 5) is 2.34. The molecule has 0 bridgehead atoms. The Morgan fingerprint density at radius 3 is 2.90 bits per heavy atom. The summed E-state index contributed by atoms with van der Waals surface area (Å²) in [5.41, 5.74) is 7.46. The zero-order valence-electron chi connectivity index (χ0n) is 12.7. The first-order valence-corrected chi connectivity index (χ1v) is 7.30. The smallest absolute Gasteiger partial charge is 0.122 e. The van der Waals surface area contributed by atoms with Crippen molar-refractivity contribution in [2.45, 2.75) is 37.9 Å². The van der Waals surface area contributed by atoms with Crippen LogP contribution in [-0.2, 0) is 11.2 Å². The Morgan fingerprint density at radius 1 is 1.45 bits per heavy atom. The number of hydrogen-bond acceptors (Lipinski definition) is 4. The molecule has 4 nitrogen and oxygen atoms in total. The molecule has 1 aliphatic rings. The average molecular weight is 278 g/mol. The lowest BCUT2D eigenvalue weighted by Gasteiger charge is -2.39. The molecule has 3 unspecified atom stereocenters. The molecule has 1 aromatic rings. The van der Waals surface area contributed by atoms with E-state index in [1.165, 1.54) is 5.56 Å². The predicted octanol–water partition coefficient (Wildman–Crippen LogP) is 1.67. The zero-order chi connectivity index (χ0) is 14.5. The van der Waals surface area contributed by atoms with Gasteiger partial charge in [0.25, 0.3) is 0 Å². The van der Waals surface area contributed by atoms with Crippen molar-refractivity contribution in [1.29, 1.82) is 0 Å². The maximum absolute atomic E-state index is 6.22. The van der Waals surface area contributed by atoms with Gasteiger partial charge in [-0.2, -0.15) is 0 Å². The van der Waals surface area contributed by atoms with Gasteiger partial charge in [0.15, 0.2) is 0 Å². The quantitative estimate of drug-likeness (QED) is 0.890. The molecule has 0 aromatic heterocycles. The van der Waals surface area contributed by atoms with Crippen LogP contribution in [0, 0.1) is 0 Å². The Kier molecular flexibility index (Phi) is 5.40. The van der Waals surface area contributed by atoms with Gasteiger partial charge in [0.05, 0.1) is 13.7 Å². The molecule has 1 aliphatic heterocycles. The topological polar surface area (TPSA) is 47.7 Å². The van der Waals surface area contributed by atoms with Crippen molar-refractivity contribution >= 4 is 0 Å². The number of para-hydroxylation sites is 1. The highest BCUT2D eigenvalue weighted by Crippen LogP contribution is 2.22. The molecule has 3 atom stereocenters. The van der Waals surface area contributed by atoms with Crippen LogP contribution in [0.25, 0.3) is 0 Å². The van der Waals surface area contributed by atoms with Crippen molar-refractivity contribution in [1.82, 2.24) is 4.90 Å². The molecule has 2 rings (SSSR count). The van der Waals surface area contributed by atoms with Crippen molar-refractivity contribution in [3.05, 3.63) is 29.8 Å². The van der Waals surface area contributed by atoms with Gasteiger partial charge in [0.2, 0.25) is 0 Å². The largest absolute Gasteiger partial charge is 0.496 e. The number of benzene rings is 1. The van der Waals surface area contributed by atoms with E-state index in [0.717, 1.165) is 31.8 Å². The van der Waals surface area contributed by atoms with Gasteiger partial charge in [-0.25, -0.2) is 0 Å². The van der Waals surface area contributed by atoms with Gasteiger partial charge >= 0.3 is 0 Å². The Balaban J connectivity index is 2.01. The molecular weight excluding hydrogens is 252 g/mol. The average Bonchev–Trinajstić information content (AvgIpc) is 2.47. The molecule has 1 saturated heterocycles. The monoisotopic (exact) mass is 278 g/mol. The summed E-state index contributed by atoms with van der Waals surface area (Å²) in [6.45, 7) is 3.74. The van der Waals surface area contributed by atoms with Gasteiger partial charge in [-0.15, -0.1) is 0 Å². The Labute approximate surface area is 121 Å². The van der Waals surface area contributed by atoms with Crippen LogP contribution >= 0.6 is 0 Å². The minimum atomic E-state index is 0.203. The highest BCUT2D eigenvalue weighted by Gasteiger charge is 2.29. The van der Waals surface area contributed by atoms with E-state index >= 15 is 0 Å². The molecule has 1 aromatic carbocycles. The van der Waals surface area contributed by atoms with Gasteiger partial charge in [-0.05, 0) is 38.4 Å². The summed E-state index contributed by atoms with van der Waals surface area (Å²) in [5.74, 6) is 0.956. The number of hydrogen-bond donors (Lipinski definition) is 1. The predicted molar refractivity (Wildman–Crippen MR) is 81.1 cm³/mol. The van der Waals surface area contributed by atoms with Crippen molar-refractivity contribution in [3.63, 3.8) is 0 Å². The van der Waals surface area contributed by atoms with E-state index in [4.69, 9.17) is 15.2 Å². The molecule has 0 aliphatic carbocycles. The molecule has 20 heavy (non-hydrogen) atoms. The molecule has 0 spiro atoms. The maximum Gasteiger partial charge on any atom is 0.122 e. The van der Waals surface area contributed by atoms with E-state index in [2.05, 4.69) is 31.0 Å². The number of likely N-dealkylation sites (N-methyl/N-ethyl adjacent to an activating group) is 1. The van der Waals surface area contributed by atoms with Crippen molar-refractivity contribution in [2.24, 2.45) is 5.73 Å². The summed E-state index contributed by atoms with van der Waals surface area (Å²) < 4.78 is 11.0. The highest BCUT2D eigenvalue weighted by atomic mass is 16.5. The fourth-order valence-corrected chi connectivity index (χ4v) is 2.82. The molecule has 0 saturated carbocycles. The van der Waals surface area contributed by atoms with Crippen LogP contribution in [0.4, 0.5) is 0 Å². The second-order valence-corrected chi connectivity index (χ2v) is 5.63. The first-order valence-electron chi connectivity index (χ1n) is 7.30. The fraction of sp³-hybridized carbons (Fsp3) is 0.625. The standard InChI is InChI=1S/C16H26N2O2/c1-12(10-13-6-4-5-7-16(13)19-3)18(2)15-11-20-9-8-14(15)17/h4-7,12,14-15H,8-11,17H2,1-3H3. The van der Waals surface area contributed by atoms with Gasteiger partial charge in [-0.1, -0.05) is 18.2 Å². The van der Waals surface area contributed by atoms with Crippen LogP contribution in [0.3, 0.4) is 0 Å². The SMILES string of the molecule is COc1ccccc1CC(C)N(C)C1COCCC1N. The highest BCUT2D eigenvalue weighted by molar-refractivity contribution is 5.33. The third-order valence-electron chi connectivity index (χ3n) is 4.30. The maximum atomic E-state index is 6.22. The summed E-state index contributed by atoms with van der Waals surface area (Å²) in [6.07, 6.45) is 1.89. The van der Waals surface area contributed by atoms with Crippen LogP contribution in [0.1, 0.15) is 18.9 Å². The molecule has 1 heterocycles. The van der Waals surface area contributed by atoms with E-state index in [-0.39, 0.29) is 6.04 Å². The van der Waals surface area contributed by atoms with E-state index in [1.54, 1.807) is 7.11 Å². The molecule has 1 fully saturated rings. The van der Waals surface area contributed by atoms with Gasteiger partial charge in [0.1, 0.15) is 5.75 Å². The second-order valence-electron chi connectivity index (χ2n) is 5.63. The first-order chi connectivity index (χ1) is 9.63. The van der Waals surface area contributed by atoms with E-state index in [1.807, 2.05) is 12.1 Å². The van der Waals surface area contributed by atoms with Crippen LogP contribution < -0.4 is 10.5 Å². The van der Waals surface area contributed by atoms with Crippen molar-refractivity contribution in [2.75, 3.05) is 27.4 Å². The Morgan fingerprint density at radius 2 is 2.20 bits per heavy atom. The third-order valence-corrected chi connectivity index (χ3v) is 4.30. The number of nitrogens with two attached hydrogens (primary N) is 1. The summed E-state index contributed by atoms with van der Waals surface area (Å²) in [5, 5.41) is 0. The number of methoxy groups -OCH3 is 1. The summed E-state index contributed by atoms with van der Waals surface area (Å²) in [6, 6.07) is 9.09. The minimum Gasteiger partial charge on any atom is -0.496 e. The molecular formula is C16H26N2O2. The lowest BCUT2D eigenvalue weighted by Crippen LogP contribution is -2.55. The lowest BCUT2D eigenvalue weighted by molar-refractivity contribution is 0.00284. The van der Waals surface area contributed by atoms with Crippen LogP contribution in [-0.4, -0.2) is 50.4 Å². The third kappa shape index (κ3) is 3.51. The van der Waals surface area contributed by atoms with E-state index in [0.29, 0.717) is 12.1 Å². The van der Waals surface area contributed by atoms with Gasteiger partial charge < -0.3 is 15.2 Å². The molecule has 0 radical (unpaired) electrons. The van der Waals surface area contributed by atoms with E-state index in [9.17, 15) is 0 Å². The normalized spacial score (nSPS) is 24.6. The zero-order valence-corrected chi connectivity index (χ0v) is 12.7. The van der Waals surface area contributed by atoms with Crippen LogP contribution in [0.5, 0.6) is 5.75 Å². The summed E-state index contributed by atoms with van der Waals surface area (Å²) in [7, 11) is 3.86. The van der Waals surface area contributed by atoms with Gasteiger partial charge in [-0.3, -0.25) is 4.90 Å². The number of nitrogens with zero attached hydrogens (tertiary/aromatic N) is 1. The van der Waals surface area contributed by atoms with E-state index < -0.39 is 0 Å². The number of rotatable bonds is 5. The van der Waals surface area contributed by atoms with Crippen LogP contribution in [0.2, 0.25) is 0 Å². The minimum absolute atomic E-state index is 0.203. The van der Waals surface area contributed by atoms with Crippen molar-refractivity contribution in [3.8, 4) is 5.75 Å². The Hall–Kier alpha value is -1.10. The molecule has 4 heteroatoms. The first kappa shape index (κ1) is 15.3. The fourth-order valence-electron chi connectivity index (χ4n) is 2.82. The lowest BCUT2D eigenvalue weighted by atomic mass is 9.99. The second kappa shape index (κ2) is 7.07. The Bertz CT molecular complexity index is 425. The van der Waals surface area contributed by atoms with Crippen molar-refractivity contribution < 1.29 is 9.47 Å². The van der Waals surface area contributed by atoms with Gasteiger partial charge in [0, 0.05) is 24.7 Å². The molecule has 2 N–H and O–H groups in total. The molecule has 112 valence electrons.